The van der Waals surface area contributed by atoms with Gasteiger partial charge in [-0.1, -0.05) is 30.3 Å². The molecule has 2 atom stereocenters. The van der Waals surface area contributed by atoms with Gasteiger partial charge in [-0.05, 0) is 37.5 Å². The van der Waals surface area contributed by atoms with Crippen molar-refractivity contribution in [1.29, 1.82) is 0 Å². The Kier molecular flexibility index (Phi) is 4.90. The third-order valence-corrected chi connectivity index (χ3v) is 5.23. The van der Waals surface area contributed by atoms with Crippen LogP contribution in [0.5, 0.6) is 0 Å². The number of fused-ring (bicyclic) bond motifs is 1. The van der Waals surface area contributed by atoms with Crippen LogP contribution in [0.1, 0.15) is 34.3 Å². The molecule has 0 radical (unpaired) electrons. The number of nitrogens with zero attached hydrogens (tertiary/aromatic N) is 2. The molecule has 0 saturated carbocycles. The van der Waals surface area contributed by atoms with Gasteiger partial charge in [-0.2, -0.15) is 0 Å². The molecule has 1 fully saturated rings. The van der Waals surface area contributed by atoms with E-state index >= 15 is 0 Å². The number of aryl methyl sites for hydroxylation is 2. The third kappa shape index (κ3) is 3.45. The van der Waals surface area contributed by atoms with Crippen LogP contribution >= 0.6 is 0 Å². The average molecular weight is 365 g/mol. The maximum absolute atomic E-state index is 12.8. The van der Waals surface area contributed by atoms with Gasteiger partial charge in [0.2, 0.25) is 0 Å². The van der Waals surface area contributed by atoms with E-state index in [4.69, 9.17) is 9.26 Å². The van der Waals surface area contributed by atoms with E-state index < -0.39 is 0 Å². The van der Waals surface area contributed by atoms with E-state index in [1.165, 1.54) is 5.56 Å². The first-order valence-corrected chi connectivity index (χ1v) is 9.33. The molecule has 3 aromatic rings. The maximum atomic E-state index is 12.8. The summed E-state index contributed by atoms with van der Waals surface area (Å²) >= 11 is 0. The van der Waals surface area contributed by atoms with E-state index in [1.807, 2.05) is 31.3 Å². The molecule has 0 unspecified atom stereocenters. The molecule has 6 nitrogen and oxygen atoms in total. The lowest BCUT2D eigenvalue weighted by Crippen LogP contribution is -2.41. The normalized spacial score (nSPS) is 19.5. The first-order valence-electron chi connectivity index (χ1n) is 9.33. The van der Waals surface area contributed by atoms with Crippen molar-refractivity contribution in [3.05, 3.63) is 59.1 Å². The van der Waals surface area contributed by atoms with Crippen molar-refractivity contribution in [2.75, 3.05) is 13.2 Å². The van der Waals surface area contributed by atoms with E-state index in [0.717, 1.165) is 17.3 Å². The van der Waals surface area contributed by atoms with Crippen molar-refractivity contribution in [3.63, 3.8) is 0 Å². The zero-order chi connectivity index (χ0) is 18.8. The van der Waals surface area contributed by atoms with Gasteiger partial charge in [-0.15, -0.1) is 0 Å². The molecule has 2 aromatic heterocycles. The second-order valence-electron chi connectivity index (χ2n) is 6.98. The van der Waals surface area contributed by atoms with Crippen molar-refractivity contribution in [1.82, 2.24) is 15.5 Å². The number of pyridine rings is 1. The lowest BCUT2D eigenvalue weighted by molar-refractivity contribution is 0.0922. The Morgan fingerprint density at radius 3 is 2.96 bits per heavy atom. The molecule has 1 saturated heterocycles. The fraction of sp³-hybridized carbons (Fsp3) is 0.381. The van der Waals surface area contributed by atoms with Gasteiger partial charge in [0.1, 0.15) is 11.3 Å². The van der Waals surface area contributed by atoms with Gasteiger partial charge in [-0.3, -0.25) is 9.78 Å². The quantitative estimate of drug-likeness (QED) is 0.752. The summed E-state index contributed by atoms with van der Waals surface area (Å²) < 4.78 is 10.9. The first kappa shape index (κ1) is 17.7. The van der Waals surface area contributed by atoms with Crippen molar-refractivity contribution in [3.8, 4) is 0 Å². The predicted molar refractivity (Wildman–Crippen MR) is 102 cm³/mol. The minimum absolute atomic E-state index is 0.0385. The number of aromatic nitrogens is 2. The highest BCUT2D eigenvalue weighted by Crippen LogP contribution is 2.25. The highest BCUT2D eigenvalue weighted by atomic mass is 16.5. The highest BCUT2D eigenvalue weighted by Gasteiger charge is 2.32. The van der Waals surface area contributed by atoms with Crippen LogP contribution in [-0.2, 0) is 17.6 Å². The molecule has 1 aromatic carbocycles. The topological polar surface area (TPSA) is 77.2 Å². The standard InChI is InChI=1S/C21H23N3O3/c1-3-17-20(13(2)27-24-17)21(25)23-19-12-26-11-15(19)10-14-8-9-22-18-7-5-4-6-16(14)18/h4-9,15,19H,3,10-12H2,1-2H3,(H,23,25)/t15-,19-/m1/s1. The summed E-state index contributed by atoms with van der Waals surface area (Å²) in [5.41, 5.74) is 3.46. The molecule has 3 heterocycles. The molecule has 0 aliphatic carbocycles. The fourth-order valence-electron chi connectivity index (χ4n) is 3.77. The minimum atomic E-state index is -0.134. The van der Waals surface area contributed by atoms with Crippen LogP contribution in [0.3, 0.4) is 0 Å². The summed E-state index contributed by atoms with van der Waals surface area (Å²) in [7, 11) is 0. The smallest absolute Gasteiger partial charge is 0.257 e. The van der Waals surface area contributed by atoms with Crippen LogP contribution in [-0.4, -0.2) is 35.3 Å². The first-order chi connectivity index (χ1) is 13.2. The second kappa shape index (κ2) is 7.48. The van der Waals surface area contributed by atoms with Crippen LogP contribution in [0.25, 0.3) is 10.9 Å². The van der Waals surface area contributed by atoms with Crippen LogP contribution in [0, 0.1) is 12.8 Å². The van der Waals surface area contributed by atoms with Crippen LogP contribution in [0.2, 0.25) is 0 Å². The number of hydrogen-bond donors (Lipinski definition) is 1. The average Bonchev–Trinajstić information content (AvgIpc) is 3.28. The fourth-order valence-corrected chi connectivity index (χ4v) is 3.77. The Hall–Kier alpha value is -2.73. The number of nitrogens with one attached hydrogen (secondary N) is 1. The molecule has 1 N–H and O–H groups in total. The number of ether oxygens (including phenoxy) is 1. The predicted octanol–water partition coefficient (Wildman–Crippen LogP) is 3.08. The van der Waals surface area contributed by atoms with Crippen LogP contribution in [0.15, 0.2) is 41.1 Å². The van der Waals surface area contributed by atoms with Gasteiger partial charge in [0.15, 0.2) is 0 Å². The molecule has 4 rings (SSSR count). The van der Waals surface area contributed by atoms with Gasteiger partial charge in [0.25, 0.3) is 5.91 Å². The lowest BCUT2D eigenvalue weighted by atomic mass is 9.93. The van der Waals surface area contributed by atoms with E-state index in [1.54, 1.807) is 6.92 Å². The molecule has 0 spiro atoms. The van der Waals surface area contributed by atoms with Gasteiger partial charge >= 0.3 is 0 Å². The zero-order valence-electron chi connectivity index (χ0n) is 15.6. The number of amides is 1. The van der Waals surface area contributed by atoms with Gasteiger partial charge < -0.3 is 14.6 Å². The number of carbonyl (C=O) groups is 1. The number of benzene rings is 1. The number of para-hydroxylation sites is 1. The Morgan fingerprint density at radius 1 is 1.26 bits per heavy atom. The van der Waals surface area contributed by atoms with Crippen molar-refractivity contribution in [2.45, 2.75) is 32.7 Å². The van der Waals surface area contributed by atoms with E-state index in [-0.39, 0.29) is 17.9 Å². The Balaban J connectivity index is 1.52. The molecule has 1 aliphatic heterocycles. The Morgan fingerprint density at radius 2 is 2.11 bits per heavy atom. The molecule has 140 valence electrons. The summed E-state index contributed by atoms with van der Waals surface area (Å²) in [6, 6.07) is 10.1. The summed E-state index contributed by atoms with van der Waals surface area (Å²) in [5.74, 6) is 0.635. The molecule has 1 amide bonds. The number of rotatable bonds is 5. The summed E-state index contributed by atoms with van der Waals surface area (Å²) in [6.45, 7) is 4.88. The van der Waals surface area contributed by atoms with Gasteiger partial charge in [0, 0.05) is 17.5 Å². The van der Waals surface area contributed by atoms with E-state index in [0.29, 0.717) is 36.7 Å². The molecule has 27 heavy (non-hydrogen) atoms. The molecular weight excluding hydrogens is 342 g/mol. The molecular formula is C21H23N3O3. The lowest BCUT2D eigenvalue weighted by Gasteiger charge is -2.20. The monoisotopic (exact) mass is 365 g/mol. The number of hydrogen-bond acceptors (Lipinski definition) is 5. The Labute approximate surface area is 157 Å². The SMILES string of the molecule is CCc1noc(C)c1C(=O)N[C@@H]1COC[C@H]1Cc1ccnc2ccccc12. The molecule has 6 heteroatoms. The molecule has 1 aliphatic rings. The highest BCUT2D eigenvalue weighted by molar-refractivity contribution is 5.96. The van der Waals surface area contributed by atoms with Crippen molar-refractivity contribution in [2.24, 2.45) is 5.92 Å². The summed E-state index contributed by atoms with van der Waals surface area (Å²) in [6.07, 6.45) is 3.33. The van der Waals surface area contributed by atoms with Crippen molar-refractivity contribution < 1.29 is 14.1 Å². The third-order valence-electron chi connectivity index (χ3n) is 5.23. The summed E-state index contributed by atoms with van der Waals surface area (Å²) in [5, 5.41) is 8.27. The van der Waals surface area contributed by atoms with Gasteiger partial charge in [-0.25, -0.2) is 0 Å². The Bertz CT molecular complexity index is 961. The molecule has 0 bridgehead atoms. The zero-order valence-corrected chi connectivity index (χ0v) is 15.6. The largest absolute Gasteiger partial charge is 0.379 e. The van der Waals surface area contributed by atoms with Crippen LogP contribution in [0.4, 0.5) is 0 Å². The van der Waals surface area contributed by atoms with Crippen molar-refractivity contribution >= 4 is 16.8 Å². The van der Waals surface area contributed by atoms with Gasteiger partial charge in [0.05, 0.1) is 30.5 Å². The summed E-state index contributed by atoms with van der Waals surface area (Å²) in [4.78, 5) is 17.2. The van der Waals surface area contributed by atoms with E-state index in [9.17, 15) is 4.79 Å². The second-order valence-corrected chi connectivity index (χ2v) is 6.98. The van der Waals surface area contributed by atoms with Crippen LogP contribution < -0.4 is 5.32 Å². The number of carbonyl (C=O) groups excluding carboxylic acids is 1. The van der Waals surface area contributed by atoms with E-state index in [2.05, 4.69) is 27.6 Å². The minimum Gasteiger partial charge on any atom is -0.379 e. The maximum Gasteiger partial charge on any atom is 0.257 e.